The van der Waals surface area contributed by atoms with E-state index in [9.17, 15) is 19.7 Å². The van der Waals surface area contributed by atoms with Crippen LogP contribution in [0.1, 0.15) is 25.0 Å². The monoisotopic (exact) mass is 400 g/mol. The van der Waals surface area contributed by atoms with Gasteiger partial charge in [0.2, 0.25) is 11.8 Å². The number of nitrogens with one attached hydrogen (secondary N) is 2. The Balaban J connectivity index is 1.38. The van der Waals surface area contributed by atoms with Crippen molar-refractivity contribution in [1.29, 1.82) is 0 Å². The van der Waals surface area contributed by atoms with E-state index in [1.807, 2.05) is 6.07 Å². The minimum atomic E-state index is -0.517. The number of likely N-dealkylation sites (tertiary alicyclic amines) is 1. The van der Waals surface area contributed by atoms with Gasteiger partial charge in [-0.15, -0.1) is 0 Å². The van der Waals surface area contributed by atoms with Gasteiger partial charge in [0, 0.05) is 24.9 Å². The highest BCUT2D eigenvalue weighted by Gasteiger charge is 2.25. The molecule has 1 fully saturated rings. The van der Waals surface area contributed by atoms with Crippen LogP contribution in [0.4, 0.5) is 11.4 Å². The van der Waals surface area contributed by atoms with E-state index in [-0.39, 0.29) is 35.5 Å². The van der Waals surface area contributed by atoms with Gasteiger partial charge in [-0.2, -0.15) is 0 Å². The number of para-hydroxylation sites is 2. The van der Waals surface area contributed by atoms with Crippen molar-refractivity contribution in [2.75, 3.05) is 25.0 Å². The van der Waals surface area contributed by atoms with Gasteiger partial charge >= 0.3 is 0 Å². The summed E-state index contributed by atoms with van der Waals surface area (Å²) in [7, 11) is 0. The van der Waals surface area contributed by atoms with Gasteiger partial charge in [-0.05, 0) is 44.1 Å². The fourth-order valence-corrected chi connectivity index (χ4v) is 3.36. The van der Waals surface area contributed by atoms with E-state index in [1.54, 1.807) is 24.5 Å². The molecule has 29 heavy (non-hydrogen) atoms. The highest BCUT2D eigenvalue weighted by Crippen LogP contribution is 2.23. The fraction of sp³-hybridized carbons (Fsp3) is 0.400. The standard InChI is InChI=1S/C20H24N4O5/c25-19(22-17-5-1-2-6-18(17)24(27)28)9-12-23-10-7-15(8-11-23)20(26)21-14-16-4-3-13-29-16/h1-6,13,15H,7-12,14H2,(H,21,26)(H,22,25). The van der Waals surface area contributed by atoms with Crippen molar-refractivity contribution in [1.82, 2.24) is 10.2 Å². The topological polar surface area (TPSA) is 118 Å². The van der Waals surface area contributed by atoms with E-state index in [4.69, 9.17) is 4.42 Å². The molecule has 0 radical (unpaired) electrons. The van der Waals surface area contributed by atoms with Crippen molar-refractivity contribution in [2.24, 2.45) is 5.92 Å². The number of carbonyl (C=O) groups excluding carboxylic acids is 2. The van der Waals surface area contributed by atoms with Gasteiger partial charge in [-0.3, -0.25) is 19.7 Å². The van der Waals surface area contributed by atoms with Gasteiger partial charge in [0.25, 0.3) is 5.69 Å². The summed E-state index contributed by atoms with van der Waals surface area (Å²) in [4.78, 5) is 37.1. The number of carbonyl (C=O) groups is 2. The zero-order valence-electron chi connectivity index (χ0n) is 16.0. The molecule has 2 N–H and O–H groups in total. The van der Waals surface area contributed by atoms with Gasteiger partial charge in [0.1, 0.15) is 11.4 Å². The van der Waals surface area contributed by atoms with Crippen LogP contribution in [0, 0.1) is 16.0 Å². The first-order chi connectivity index (χ1) is 14.0. The van der Waals surface area contributed by atoms with Crippen LogP contribution in [0.25, 0.3) is 0 Å². The lowest BCUT2D eigenvalue weighted by Gasteiger charge is -2.31. The Morgan fingerprint density at radius 1 is 1.17 bits per heavy atom. The summed E-state index contributed by atoms with van der Waals surface area (Å²) in [6.07, 6.45) is 3.28. The summed E-state index contributed by atoms with van der Waals surface area (Å²) < 4.78 is 5.21. The van der Waals surface area contributed by atoms with Crippen molar-refractivity contribution in [3.8, 4) is 0 Å². The molecule has 1 aromatic heterocycles. The molecule has 0 unspecified atom stereocenters. The van der Waals surface area contributed by atoms with E-state index in [1.165, 1.54) is 12.1 Å². The van der Waals surface area contributed by atoms with Gasteiger partial charge < -0.3 is 20.0 Å². The molecule has 9 heteroatoms. The maximum Gasteiger partial charge on any atom is 0.292 e. The van der Waals surface area contributed by atoms with Crippen LogP contribution in [0.15, 0.2) is 47.1 Å². The Kier molecular flexibility index (Phi) is 6.96. The Morgan fingerprint density at radius 2 is 1.93 bits per heavy atom. The van der Waals surface area contributed by atoms with Crippen molar-refractivity contribution < 1.29 is 18.9 Å². The number of furan rings is 1. The molecule has 154 valence electrons. The van der Waals surface area contributed by atoms with Crippen molar-refractivity contribution in [3.05, 3.63) is 58.5 Å². The first-order valence-electron chi connectivity index (χ1n) is 9.58. The minimum Gasteiger partial charge on any atom is -0.467 e. The predicted molar refractivity (Wildman–Crippen MR) is 106 cm³/mol. The second kappa shape index (κ2) is 9.83. The van der Waals surface area contributed by atoms with Crippen molar-refractivity contribution in [2.45, 2.75) is 25.8 Å². The van der Waals surface area contributed by atoms with Crippen LogP contribution in [-0.4, -0.2) is 41.3 Å². The molecule has 2 amide bonds. The zero-order valence-corrected chi connectivity index (χ0v) is 16.0. The quantitative estimate of drug-likeness (QED) is 0.519. The number of piperidine rings is 1. The van der Waals surface area contributed by atoms with Crippen LogP contribution in [-0.2, 0) is 16.1 Å². The van der Waals surface area contributed by atoms with Crippen molar-refractivity contribution >= 4 is 23.2 Å². The Labute approximate surface area is 168 Å². The Morgan fingerprint density at radius 3 is 2.62 bits per heavy atom. The number of nitro benzene ring substituents is 1. The summed E-state index contributed by atoms with van der Waals surface area (Å²) in [6.45, 7) is 2.40. The van der Waals surface area contributed by atoms with E-state index in [0.717, 1.165) is 31.7 Å². The van der Waals surface area contributed by atoms with Crippen molar-refractivity contribution in [3.63, 3.8) is 0 Å². The second-order valence-corrected chi connectivity index (χ2v) is 6.99. The Hall–Kier alpha value is -3.20. The maximum absolute atomic E-state index is 12.3. The molecule has 2 aromatic rings. The summed E-state index contributed by atoms with van der Waals surface area (Å²) in [5, 5.41) is 16.5. The van der Waals surface area contributed by atoms with Crippen LogP contribution < -0.4 is 10.6 Å². The molecular weight excluding hydrogens is 376 g/mol. The van der Waals surface area contributed by atoms with Crippen LogP contribution in [0.2, 0.25) is 0 Å². The molecule has 0 bridgehead atoms. The molecule has 0 spiro atoms. The lowest BCUT2D eigenvalue weighted by Crippen LogP contribution is -2.41. The molecule has 0 atom stereocenters. The van der Waals surface area contributed by atoms with E-state index >= 15 is 0 Å². The number of anilines is 1. The normalized spacial score (nSPS) is 15.0. The van der Waals surface area contributed by atoms with E-state index in [2.05, 4.69) is 15.5 Å². The molecule has 1 aliphatic rings. The predicted octanol–water partition coefficient (Wildman–Crippen LogP) is 2.54. The van der Waals surface area contributed by atoms with Crippen LogP contribution in [0.5, 0.6) is 0 Å². The summed E-state index contributed by atoms with van der Waals surface area (Å²) in [5.41, 5.74) is 0.0802. The highest BCUT2D eigenvalue weighted by atomic mass is 16.6. The molecule has 3 rings (SSSR count). The molecular formula is C20H24N4O5. The molecule has 0 aliphatic carbocycles. The zero-order chi connectivity index (χ0) is 20.6. The molecule has 9 nitrogen and oxygen atoms in total. The molecule has 0 saturated carbocycles. The first kappa shape index (κ1) is 20.5. The fourth-order valence-electron chi connectivity index (χ4n) is 3.36. The second-order valence-electron chi connectivity index (χ2n) is 6.99. The van der Waals surface area contributed by atoms with E-state index < -0.39 is 4.92 Å². The number of benzene rings is 1. The average Bonchev–Trinajstić information content (AvgIpc) is 3.25. The number of hydrogen-bond donors (Lipinski definition) is 2. The smallest absolute Gasteiger partial charge is 0.292 e. The van der Waals surface area contributed by atoms with Gasteiger partial charge in [0.05, 0.1) is 17.7 Å². The summed E-state index contributed by atoms with van der Waals surface area (Å²) >= 11 is 0. The first-order valence-corrected chi connectivity index (χ1v) is 9.58. The number of hydrogen-bond acceptors (Lipinski definition) is 6. The van der Waals surface area contributed by atoms with Gasteiger partial charge in [-0.1, -0.05) is 12.1 Å². The molecule has 1 aromatic carbocycles. The summed E-state index contributed by atoms with van der Waals surface area (Å²) in [5.74, 6) is 0.440. The van der Waals surface area contributed by atoms with Crippen LogP contribution >= 0.6 is 0 Å². The number of amides is 2. The average molecular weight is 400 g/mol. The third kappa shape index (κ3) is 5.89. The summed E-state index contributed by atoms with van der Waals surface area (Å²) in [6, 6.07) is 9.68. The highest BCUT2D eigenvalue weighted by molar-refractivity contribution is 5.93. The molecule has 2 heterocycles. The van der Waals surface area contributed by atoms with Gasteiger partial charge in [0.15, 0.2) is 0 Å². The number of nitrogens with zero attached hydrogens (tertiary/aromatic N) is 2. The lowest BCUT2D eigenvalue weighted by molar-refractivity contribution is -0.383. The lowest BCUT2D eigenvalue weighted by atomic mass is 9.96. The number of nitro groups is 1. The van der Waals surface area contributed by atoms with Crippen LogP contribution in [0.3, 0.4) is 0 Å². The minimum absolute atomic E-state index is 0.0233. The molecule has 1 saturated heterocycles. The van der Waals surface area contributed by atoms with E-state index in [0.29, 0.717) is 13.1 Å². The Bertz CT molecular complexity index is 844. The SMILES string of the molecule is O=C(CCN1CCC(C(=O)NCc2ccco2)CC1)Nc1ccccc1[N+](=O)[O-]. The third-order valence-electron chi connectivity index (χ3n) is 5.01. The van der Waals surface area contributed by atoms with Gasteiger partial charge in [-0.25, -0.2) is 0 Å². The maximum atomic E-state index is 12.3. The molecule has 1 aliphatic heterocycles. The largest absolute Gasteiger partial charge is 0.467 e. The number of rotatable bonds is 8. The third-order valence-corrected chi connectivity index (χ3v) is 5.01.